The zero-order valence-electron chi connectivity index (χ0n) is 15.5. The van der Waals surface area contributed by atoms with E-state index < -0.39 is 11.7 Å². The van der Waals surface area contributed by atoms with Gasteiger partial charge >= 0.3 is 5.97 Å². The Kier molecular flexibility index (Phi) is 5.76. The van der Waals surface area contributed by atoms with E-state index in [1.54, 1.807) is 6.07 Å². The quantitative estimate of drug-likeness (QED) is 0.638. The molecule has 0 amide bonds. The van der Waals surface area contributed by atoms with Crippen LogP contribution in [-0.4, -0.2) is 18.8 Å². The van der Waals surface area contributed by atoms with Gasteiger partial charge in [0.2, 0.25) is 0 Å². The maximum Gasteiger partial charge on any atom is 0.315 e. The van der Waals surface area contributed by atoms with E-state index in [1.807, 2.05) is 44.2 Å². The molecule has 0 bridgehead atoms. The molecular weight excluding hydrogens is 365 g/mol. The van der Waals surface area contributed by atoms with Gasteiger partial charge in [-0.25, -0.2) is 4.39 Å². The van der Waals surface area contributed by atoms with Gasteiger partial charge in [-0.2, -0.15) is 0 Å². The van der Waals surface area contributed by atoms with Crippen molar-refractivity contribution >= 4 is 29.0 Å². The van der Waals surface area contributed by atoms with Gasteiger partial charge in [0, 0.05) is 22.2 Å². The number of esters is 1. The van der Waals surface area contributed by atoms with Gasteiger partial charge in [-0.05, 0) is 36.6 Å². The summed E-state index contributed by atoms with van der Waals surface area (Å²) < 4.78 is 18.7. The predicted octanol–water partition coefficient (Wildman–Crippen LogP) is 5.65. The monoisotopic (exact) mass is 385 g/mol. The number of halogens is 2. The first-order chi connectivity index (χ1) is 13.0. The molecule has 2 aromatic carbocycles. The van der Waals surface area contributed by atoms with E-state index in [0.717, 1.165) is 16.8 Å². The third-order valence-corrected chi connectivity index (χ3v) is 5.26. The van der Waals surface area contributed by atoms with Crippen LogP contribution in [0.1, 0.15) is 37.3 Å². The van der Waals surface area contributed by atoms with Crippen molar-refractivity contribution in [2.24, 2.45) is 10.9 Å². The molecule has 0 aliphatic carbocycles. The summed E-state index contributed by atoms with van der Waals surface area (Å²) in [7, 11) is 1.36. The Hall–Kier alpha value is -2.46. The zero-order chi connectivity index (χ0) is 19.6. The first-order valence-corrected chi connectivity index (χ1v) is 9.22. The molecule has 3 rings (SSSR count). The molecule has 0 fully saturated rings. The van der Waals surface area contributed by atoms with Crippen LogP contribution in [0, 0.1) is 11.7 Å². The van der Waals surface area contributed by atoms with Gasteiger partial charge < -0.3 is 4.74 Å². The number of ether oxygens (including phenoxy) is 1. The Morgan fingerprint density at radius 1 is 1.22 bits per heavy atom. The standard InChI is InChI=1S/C22H21ClFNO2/c1-4-16-20(17-11-10-15(24)12-18(17)23)19(22(26)27-3)13(2)25-21(16)14-8-6-5-7-9-14/h5-12,19-20H,4H2,1-3H3. The Labute approximate surface area is 163 Å². The highest BCUT2D eigenvalue weighted by Crippen LogP contribution is 2.45. The van der Waals surface area contributed by atoms with Crippen molar-refractivity contribution in [2.45, 2.75) is 26.2 Å². The van der Waals surface area contributed by atoms with Gasteiger partial charge in [-0.15, -0.1) is 0 Å². The predicted molar refractivity (Wildman–Crippen MR) is 106 cm³/mol. The molecule has 140 valence electrons. The number of hydrogen-bond donors (Lipinski definition) is 0. The second-order valence-electron chi connectivity index (χ2n) is 6.49. The van der Waals surface area contributed by atoms with Gasteiger partial charge in [-0.3, -0.25) is 9.79 Å². The number of nitrogens with zero attached hydrogens (tertiary/aromatic N) is 1. The largest absolute Gasteiger partial charge is 0.468 e. The van der Waals surface area contributed by atoms with Gasteiger partial charge in [-0.1, -0.05) is 54.9 Å². The normalized spacial score (nSPS) is 19.7. The summed E-state index contributed by atoms with van der Waals surface area (Å²) in [5.41, 5.74) is 4.15. The summed E-state index contributed by atoms with van der Waals surface area (Å²) in [4.78, 5) is 17.4. The zero-order valence-corrected chi connectivity index (χ0v) is 16.3. The number of methoxy groups -OCH3 is 1. The number of hydrogen-bond acceptors (Lipinski definition) is 3. The van der Waals surface area contributed by atoms with Crippen molar-refractivity contribution in [1.82, 2.24) is 0 Å². The molecule has 0 N–H and O–H groups in total. The van der Waals surface area contributed by atoms with Crippen molar-refractivity contribution in [1.29, 1.82) is 0 Å². The van der Waals surface area contributed by atoms with Crippen molar-refractivity contribution in [2.75, 3.05) is 7.11 Å². The summed E-state index contributed by atoms with van der Waals surface area (Å²) in [6.45, 7) is 3.84. The van der Waals surface area contributed by atoms with Crippen LogP contribution in [0.5, 0.6) is 0 Å². The number of carbonyl (C=O) groups is 1. The molecule has 27 heavy (non-hydrogen) atoms. The minimum absolute atomic E-state index is 0.293. The van der Waals surface area contributed by atoms with Gasteiger partial charge in [0.25, 0.3) is 0 Å². The topological polar surface area (TPSA) is 38.7 Å². The lowest BCUT2D eigenvalue weighted by Crippen LogP contribution is -2.34. The van der Waals surface area contributed by atoms with E-state index >= 15 is 0 Å². The molecule has 2 atom stereocenters. The summed E-state index contributed by atoms with van der Waals surface area (Å²) in [5, 5.41) is 0.293. The molecule has 1 aliphatic rings. The van der Waals surface area contributed by atoms with Gasteiger partial charge in [0.1, 0.15) is 11.7 Å². The van der Waals surface area contributed by atoms with Crippen LogP contribution < -0.4 is 0 Å². The molecule has 1 heterocycles. The third-order valence-electron chi connectivity index (χ3n) is 4.93. The van der Waals surface area contributed by atoms with E-state index in [4.69, 9.17) is 21.3 Å². The van der Waals surface area contributed by atoms with E-state index in [-0.39, 0.29) is 11.9 Å². The summed E-state index contributed by atoms with van der Waals surface area (Å²) in [6, 6.07) is 14.1. The fourth-order valence-electron chi connectivity index (χ4n) is 3.70. The van der Waals surface area contributed by atoms with E-state index in [1.165, 1.54) is 19.2 Å². The number of rotatable bonds is 4. The molecule has 2 aromatic rings. The van der Waals surface area contributed by atoms with E-state index in [0.29, 0.717) is 22.7 Å². The summed E-state index contributed by atoms with van der Waals surface area (Å²) >= 11 is 6.39. The summed E-state index contributed by atoms with van der Waals surface area (Å²) in [5.74, 6) is -1.74. The molecule has 0 radical (unpaired) electrons. The number of allylic oxidation sites excluding steroid dienone is 1. The molecule has 3 nitrogen and oxygen atoms in total. The third kappa shape index (κ3) is 3.67. The van der Waals surface area contributed by atoms with Gasteiger partial charge in [0.15, 0.2) is 0 Å². The van der Waals surface area contributed by atoms with Gasteiger partial charge in [0.05, 0.1) is 12.8 Å². The minimum Gasteiger partial charge on any atom is -0.468 e. The first-order valence-electron chi connectivity index (χ1n) is 8.84. The second-order valence-corrected chi connectivity index (χ2v) is 6.90. The maximum absolute atomic E-state index is 13.6. The SMILES string of the molecule is CCC1=C(c2ccccc2)N=C(C)C(C(=O)OC)C1c1ccc(F)cc1Cl. The van der Waals surface area contributed by atoms with Crippen LogP contribution in [0.15, 0.2) is 59.1 Å². The van der Waals surface area contributed by atoms with E-state index in [2.05, 4.69) is 0 Å². The second kappa shape index (κ2) is 8.05. The minimum atomic E-state index is -0.597. The fourth-order valence-corrected chi connectivity index (χ4v) is 3.98. The number of carbonyl (C=O) groups excluding carboxylic acids is 1. The van der Waals surface area contributed by atoms with Crippen molar-refractivity contribution < 1.29 is 13.9 Å². The highest BCUT2D eigenvalue weighted by molar-refractivity contribution is 6.31. The smallest absolute Gasteiger partial charge is 0.315 e. The van der Waals surface area contributed by atoms with Crippen LogP contribution in [0.25, 0.3) is 5.70 Å². The Bertz CT molecular complexity index is 921. The van der Waals surface area contributed by atoms with Crippen LogP contribution in [0.3, 0.4) is 0 Å². The van der Waals surface area contributed by atoms with Crippen molar-refractivity contribution in [3.05, 3.63) is 76.1 Å². The van der Waals surface area contributed by atoms with Crippen LogP contribution in [-0.2, 0) is 9.53 Å². The molecule has 5 heteroatoms. The number of aliphatic imine (C=N–C) groups is 1. The molecular formula is C22H21ClFNO2. The maximum atomic E-state index is 13.6. The van der Waals surface area contributed by atoms with Crippen LogP contribution in [0.2, 0.25) is 5.02 Å². The Balaban J connectivity index is 2.26. The van der Waals surface area contributed by atoms with Crippen LogP contribution >= 0.6 is 11.6 Å². The average Bonchev–Trinajstić information content (AvgIpc) is 2.67. The molecule has 0 saturated heterocycles. The molecule has 0 saturated carbocycles. The molecule has 1 aliphatic heterocycles. The molecule has 0 aromatic heterocycles. The molecule has 2 unspecified atom stereocenters. The Morgan fingerprint density at radius 2 is 1.93 bits per heavy atom. The highest BCUT2D eigenvalue weighted by atomic mass is 35.5. The lowest BCUT2D eigenvalue weighted by atomic mass is 9.74. The Morgan fingerprint density at radius 3 is 2.52 bits per heavy atom. The van der Waals surface area contributed by atoms with Crippen LogP contribution in [0.4, 0.5) is 4.39 Å². The number of benzene rings is 2. The fraction of sp³-hybridized carbons (Fsp3) is 0.273. The summed E-state index contributed by atoms with van der Waals surface area (Å²) in [6.07, 6.45) is 0.673. The van der Waals surface area contributed by atoms with E-state index in [9.17, 15) is 9.18 Å². The lowest BCUT2D eigenvalue weighted by Gasteiger charge is -2.33. The van der Waals surface area contributed by atoms with Crippen molar-refractivity contribution in [3.8, 4) is 0 Å². The highest BCUT2D eigenvalue weighted by Gasteiger charge is 2.40. The van der Waals surface area contributed by atoms with Crippen molar-refractivity contribution in [3.63, 3.8) is 0 Å². The average molecular weight is 386 g/mol. The lowest BCUT2D eigenvalue weighted by molar-refractivity contribution is -0.143. The molecule has 0 spiro atoms. The first kappa shape index (κ1) is 19.3.